The van der Waals surface area contributed by atoms with Crippen molar-refractivity contribution in [2.24, 2.45) is 11.3 Å². The number of rotatable bonds is 4. The first kappa shape index (κ1) is 15.9. The molecule has 6 nitrogen and oxygen atoms in total. The molecule has 0 bridgehead atoms. The molecule has 1 aliphatic carbocycles. The molecule has 0 aromatic carbocycles. The SMILES string of the molecule is CC(CC(=O)O)n1nnnc1C1CCC(C(C)(C)C)CC1. The van der Waals surface area contributed by atoms with Gasteiger partial charge in [0.2, 0.25) is 0 Å². The van der Waals surface area contributed by atoms with Crippen LogP contribution in [0.15, 0.2) is 0 Å². The van der Waals surface area contributed by atoms with Crippen LogP contribution >= 0.6 is 0 Å². The van der Waals surface area contributed by atoms with Crippen LogP contribution in [0, 0.1) is 11.3 Å². The molecule has 1 aliphatic rings. The van der Waals surface area contributed by atoms with Crippen LogP contribution in [-0.4, -0.2) is 31.3 Å². The number of aliphatic carboxylic acids is 1. The standard InChI is InChI=1S/C15H26N4O2/c1-10(9-13(20)21)19-14(16-17-18-19)11-5-7-12(8-6-11)15(2,3)4/h10-12H,5-9H2,1-4H3,(H,20,21). The maximum Gasteiger partial charge on any atom is 0.305 e. The van der Waals surface area contributed by atoms with Gasteiger partial charge in [-0.25, -0.2) is 4.68 Å². The Morgan fingerprint density at radius 1 is 1.33 bits per heavy atom. The van der Waals surface area contributed by atoms with Crippen LogP contribution < -0.4 is 0 Å². The van der Waals surface area contributed by atoms with E-state index in [1.807, 2.05) is 6.92 Å². The monoisotopic (exact) mass is 294 g/mol. The summed E-state index contributed by atoms with van der Waals surface area (Å²) < 4.78 is 1.70. The number of tetrazole rings is 1. The van der Waals surface area contributed by atoms with Crippen molar-refractivity contribution < 1.29 is 9.90 Å². The van der Waals surface area contributed by atoms with Gasteiger partial charge in [0.05, 0.1) is 12.5 Å². The van der Waals surface area contributed by atoms with Crippen molar-refractivity contribution in [3.63, 3.8) is 0 Å². The minimum absolute atomic E-state index is 0.0510. The van der Waals surface area contributed by atoms with Gasteiger partial charge in [0, 0.05) is 5.92 Å². The minimum atomic E-state index is -0.819. The summed E-state index contributed by atoms with van der Waals surface area (Å²) >= 11 is 0. The molecule has 0 amide bonds. The lowest BCUT2D eigenvalue weighted by atomic mass is 9.69. The van der Waals surface area contributed by atoms with Gasteiger partial charge in [-0.3, -0.25) is 4.79 Å². The second-order valence-corrected chi connectivity index (χ2v) is 7.34. The third-order valence-corrected chi connectivity index (χ3v) is 4.72. The molecule has 6 heteroatoms. The fourth-order valence-electron chi connectivity index (χ4n) is 3.34. The van der Waals surface area contributed by atoms with Crippen molar-refractivity contribution in [1.29, 1.82) is 0 Å². The lowest BCUT2D eigenvalue weighted by Crippen LogP contribution is -2.27. The molecule has 1 unspecified atom stereocenters. The number of nitrogens with zero attached hydrogens (tertiary/aromatic N) is 4. The Hall–Kier alpha value is -1.46. The largest absolute Gasteiger partial charge is 0.481 e. The van der Waals surface area contributed by atoms with Crippen molar-refractivity contribution in [2.75, 3.05) is 0 Å². The van der Waals surface area contributed by atoms with Gasteiger partial charge >= 0.3 is 5.97 Å². The molecule has 0 saturated heterocycles. The number of hydrogen-bond acceptors (Lipinski definition) is 4. The van der Waals surface area contributed by atoms with E-state index in [1.165, 1.54) is 12.8 Å². The summed E-state index contributed by atoms with van der Waals surface area (Å²) in [7, 11) is 0. The Kier molecular flexibility index (Phi) is 4.64. The Morgan fingerprint density at radius 2 is 1.95 bits per heavy atom. The smallest absolute Gasteiger partial charge is 0.305 e. The molecule has 0 aliphatic heterocycles. The number of hydrogen-bond donors (Lipinski definition) is 1. The molecule has 118 valence electrons. The van der Waals surface area contributed by atoms with Gasteiger partial charge in [0.25, 0.3) is 0 Å². The second-order valence-electron chi connectivity index (χ2n) is 7.34. The maximum atomic E-state index is 10.9. The van der Waals surface area contributed by atoms with E-state index in [0.29, 0.717) is 11.3 Å². The lowest BCUT2D eigenvalue weighted by molar-refractivity contribution is -0.137. The zero-order valence-corrected chi connectivity index (χ0v) is 13.4. The quantitative estimate of drug-likeness (QED) is 0.923. The van der Waals surface area contributed by atoms with Crippen LogP contribution in [0.5, 0.6) is 0 Å². The average molecular weight is 294 g/mol. The van der Waals surface area contributed by atoms with Gasteiger partial charge in [0.15, 0.2) is 5.82 Å². The third kappa shape index (κ3) is 3.80. The van der Waals surface area contributed by atoms with Crippen molar-refractivity contribution in [2.45, 2.75) is 71.8 Å². The molecule has 1 heterocycles. The van der Waals surface area contributed by atoms with Gasteiger partial charge in [-0.1, -0.05) is 20.8 Å². The highest BCUT2D eigenvalue weighted by Gasteiger charge is 2.32. The highest BCUT2D eigenvalue weighted by molar-refractivity contribution is 5.67. The Bertz CT molecular complexity index is 484. The molecule has 0 spiro atoms. The summed E-state index contributed by atoms with van der Waals surface area (Å²) in [5.41, 5.74) is 0.355. The molecule has 2 rings (SSSR count). The van der Waals surface area contributed by atoms with E-state index in [9.17, 15) is 4.79 Å². The van der Waals surface area contributed by atoms with E-state index >= 15 is 0 Å². The van der Waals surface area contributed by atoms with Crippen molar-refractivity contribution in [3.05, 3.63) is 5.82 Å². The van der Waals surface area contributed by atoms with Crippen LogP contribution in [0.3, 0.4) is 0 Å². The van der Waals surface area contributed by atoms with Crippen molar-refractivity contribution >= 4 is 5.97 Å². The molecule has 21 heavy (non-hydrogen) atoms. The normalized spacial score (nSPS) is 24.8. The Balaban J connectivity index is 2.04. The second kappa shape index (κ2) is 6.12. The molecule has 1 aromatic rings. The van der Waals surface area contributed by atoms with Crippen LogP contribution in [0.4, 0.5) is 0 Å². The van der Waals surface area contributed by atoms with E-state index in [-0.39, 0.29) is 12.5 Å². The van der Waals surface area contributed by atoms with E-state index < -0.39 is 5.97 Å². The van der Waals surface area contributed by atoms with Crippen LogP contribution in [0.2, 0.25) is 0 Å². The van der Waals surface area contributed by atoms with Gasteiger partial charge in [-0.2, -0.15) is 0 Å². The maximum absolute atomic E-state index is 10.9. The Labute approximate surface area is 125 Å². The molecule has 0 radical (unpaired) electrons. The number of carboxylic acids is 1. The van der Waals surface area contributed by atoms with E-state index in [0.717, 1.165) is 24.6 Å². The summed E-state index contributed by atoms with van der Waals surface area (Å²) in [4.78, 5) is 10.9. The van der Waals surface area contributed by atoms with Gasteiger partial charge in [0.1, 0.15) is 0 Å². The van der Waals surface area contributed by atoms with Gasteiger partial charge in [-0.15, -0.1) is 5.10 Å². The highest BCUT2D eigenvalue weighted by Crippen LogP contribution is 2.42. The topological polar surface area (TPSA) is 80.9 Å². The Morgan fingerprint density at radius 3 is 2.48 bits per heavy atom. The molecular weight excluding hydrogens is 268 g/mol. The lowest BCUT2D eigenvalue weighted by Gasteiger charge is -2.36. The van der Waals surface area contributed by atoms with E-state index in [1.54, 1.807) is 4.68 Å². The average Bonchev–Trinajstić information content (AvgIpc) is 2.86. The summed E-state index contributed by atoms with van der Waals surface area (Å²) in [5.74, 6) is 1.14. The molecule has 1 aromatic heterocycles. The van der Waals surface area contributed by atoms with Gasteiger partial charge in [-0.05, 0) is 54.4 Å². The highest BCUT2D eigenvalue weighted by atomic mass is 16.4. The predicted octanol–water partition coefficient (Wildman–Crippen LogP) is 3.03. The van der Waals surface area contributed by atoms with Gasteiger partial charge < -0.3 is 5.11 Å². The fourth-order valence-corrected chi connectivity index (χ4v) is 3.34. The summed E-state index contributed by atoms with van der Waals surface area (Å²) in [6, 6.07) is -0.201. The zero-order valence-electron chi connectivity index (χ0n) is 13.4. The number of carboxylic acid groups (broad SMARTS) is 1. The van der Waals surface area contributed by atoms with E-state index in [4.69, 9.17) is 5.11 Å². The number of carbonyl (C=O) groups is 1. The summed E-state index contributed by atoms with van der Waals surface area (Å²) in [6.45, 7) is 8.76. The first-order valence-corrected chi connectivity index (χ1v) is 7.78. The van der Waals surface area contributed by atoms with Crippen LogP contribution in [0.25, 0.3) is 0 Å². The van der Waals surface area contributed by atoms with Crippen LogP contribution in [0.1, 0.15) is 77.6 Å². The molecular formula is C15H26N4O2. The fraction of sp³-hybridized carbons (Fsp3) is 0.867. The zero-order chi connectivity index (χ0) is 15.6. The summed E-state index contributed by atoms with van der Waals surface area (Å²) in [5, 5.41) is 20.9. The predicted molar refractivity (Wildman–Crippen MR) is 78.9 cm³/mol. The van der Waals surface area contributed by atoms with E-state index in [2.05, 4.69) is 36.3 Å². The van der Waals surface area contributed by atoms with Crippen LogP contribution in [-0.2, 0) is 4.79 Å². The third-order valence-electron chi connectivity index (χ3n) is 4.72. The van der Waals surface area contributed by atoms with Crippen molar-refractivity contribution in [1.82, 2.24) is 20.2 Å². The first-order valence-electron chi connectivity index (χ1n) is 7.78. The molecule has 1 N–H and O–H groups in total. The number of aromatic nitrogens is 4. The summed E-state index contributed by atoms with van der Waals surface area (Å²) in [6.07, 6.45) is 4.60. The minimum Gasteiger partial charge on any atom is -0.481 e. The first-order chi connectivity index (χ1) is 9.79. The molecule has 1 saturated carbocycles. The molecule has 1 fully saturated rings. The van der Waals surface area contributed by atoms with Crippen molar-refractivity contribution in [3.8, 4) is 0 Å². The molecule has 1 atom stereocenters.